The molecule has 0 aromatic carbocycles. The molecule has 140 valence electrons. The number of thiophene rings is 1. The molecular formula is C17H23N5O2S2. The lowest BCUT2D eigenvalue weighted by Gasteiger charge is -2.26. The fraction of sp³-hybridized carbons (Fsp3) is 0.588. The van der Waals surface area contributed by atoms with E-state index in [4.69, 9.17) is 17.0 Å². The van der Waals surface area contributed by atoms with Crippen molar-refractivity contribution in [3.63, 3.8) is 0 Å². The molecule has 3 heterocycles. The van der Waals surface area contributed by atoms with Crippen molar-refractivity contribution in [3.05, 3.63) is 27.1 Å². The van der Waals surface area contributed by atoms with Gasteiger partial charge in [-0.05, 0) is 43.5 Å². The van der Waals surface area contributed by atoms with Crippen LogP contribution in [0, 0.1) is 0 Å². The van der Waals surface area contributed by atoms with Crippen LogP contribution in [0.3, 0.4) is 0 Å². The first-order valence-corrected chi connectivity index (χ1v) is 10.3. The maximum Gasteiger partial charge on any atom is 0.281 e. The van der Waals surface area contributed by atoms with Gasteiger partial charge in [-0.3, -0.25) is 15.1 Å². The SMILES string of the molecule is O=c1c2c3c(sc2ncn1NC(=S)NCCN1CCOCC1)CCCC3. The summed E-state index contributed by atoms with van der Waals surface area (Å²) < 4.78 is 6.74. The molecule has 0 amide bonds. The van der Waals surface area contributed by atoms with Crippen LogP contribution in [0.2, 0.25) is 0 Å². The summed E-state index contributed by atoms with van der Waals surface area (Å²) in [6.07, 6.45) is 5.90. The predicted octanol–water partition coefficient (Wildman–Crippen LogP) is 1.09. The second-order valence-corrected chi connectivity index (χ2v) is 8.12. The second-order valence-electron chi connectivity index (χ2n) is 6.63. The number of aromatic nitrogens is 2. The van der Waals surface area contributed by atoms with Crippen LogP contribution in [0.5, 0.6) is 0 Å². The van der Waals surface area contributed by atoms with Gasteiger partial charge >= 0.3 is 0 Å². The molecule has 4 rings (SSSR count). The third-order valence-corrected chi connectivity index (χ3v) is 6.35. The summed E-state index contributed by atoms with van der Waals surface area (Å²) in [5, 5.41) is 4.36. The molecule has 1 aliphatic carbocycles. The smallest absolute Gasteiger partial charge is 0.281 e. The number of thiocarbonyl (C=S) groups is 1. The first-order chi connectivity index (χ1) is 12.7. The minimum Gasteiger partial charge on any atom is -0.379 e. The van der Waals surface area contributed by atoms with Crippen molar-refractivity contribution < 1.29 is 4.74 Å². The number of hydrogen-bond donors (Lipinski definition) is 2. The standard InChI is InChI=1S/C17H23N5O2S2/c23-16-14-12-3-1-2-4-13(12)26-15(14)19-11-22(16)20-17(25)18-5-6-21-7-9-24-10-8-21/h11H,1-10H2,(H2,18,20,25). The fourth-order valence-corrected chi connectivity index (χ4v) is 4.95. The molecule has 0 spiro atoms. The Bertz CT molecular complexity index is 857. The van der Waals surface area contributed by atoms with Crippen LogP contribution in [0.15, 0.2) is 11.1 Å². The van der Waals surface area contributed by atoms with E-state index in [1.54, 1.807) is 11.3 Å². The Balaban J connectivity index is 1.41. The number of rotatable bonds is 4. The molecule has 26 heavy (non-hydrogen) atoms. The van der Waals surface area contributed by atoms with Gasteiger partial charge in [-0.25, -0.2) is 9.66 Å². The predicted molar refractivity (Wildman–Crippen MR) is 108 cm³/mol. The van der Waals surface area contributed by atoms with E-state index in [0.29, 0.717) is 5.11 Å². The molecule has 1 fully saturated rings. The van der Waals surface area contributed by atoms with E-state index in [-0.39, 0.29) is 5.56 Å². The quantitative estimate of drug-likeness (QED) is 0.754. The average Bonchev–Trinajstić information content (AvgIpc) is 3.04. The number of nitrogens with one attached hydrogen (secondary N) is 2. The number of aryl methyl sites for hydroxylation is 2. The fourth-order valence-electron chi connectivity index (χ4n) is 3.53. The van der Waals surface area contributed by atoms with E-state index < -0.39 is 0 Å². The third kappa shape index (κ3) is 3.75. The van der Waals surface area contributed by atoms with Crippen LogP contribution in [-0.4, -0.2) is 59.1 Å². The van der Waals surface area contributed by atoms with Crippen molar-refractivity contribution in [1.29, 1.82) is 0 Å². The maximum atomic E-state index is 12.9. The van der Waals surface area contributed by atoms with E-state index in [2.05, 4.69) is 20.6 Å². The molecule has 0 radical (unpaired) electrons. The Hall–Kier alpha value is -1.55. The first kappa shape index (κ1) is 17.8. The van der Waals surface area contributed by atoms with E-state index in [1.807, 2.05) is 0 Å². The monoisotopic (exact) mass is 393 g/mol. The number of morpholine rings is 1. The summed E-state index contributed by atoms with van der Waals surface area (Å²) in [7, 11) is 0. The lowest BCUT2D eigenvalue weighted by Crippen LogP contribution is -2.44. The van der Waals surface area contributed by atoms with Gasteiger partial charge in [-0.15, -0.1) is 11.3 Å². The highest BCUT2D eigenvalue weighted by atomic mass is 32.1. The Morgan fingerprint density at radius 2 is 2.12 bits per heavy atom. The van der Waals surface area contributed by atoms with Gasteiger partial charge < -0.3 is 10.1 Å². The molecular weight excluding hydrogens is 370 g/mol. The van der Waals surface area contributed by atoms with Gasteiger partial charge in [0.2, 0.25) is 0 Å². The van der Waals surface area contributed by atoms with E-state index in [0.717, 1.165) is 68.9 Å². The lowest BCUT2D eigenvalue weighted by molar-refractivity contribution is 0.0389. The van der Waals surface area contributed by atoms with Crippen LogP contribution >= 0.6 is 23.6 Å². The van der Waals surface area contributed by atoms with Crippen molar-refractivity contribution in [2.45, 2.75) is 25.7 Å². The van der Waals surface area contributed by atoms with Crippen molar-refractivity contribution in [2.24, 2.45) is 0 Å². The molecule has 9 heteroatoms. The van der Waals surface area contributed by atoms with Crippen LogP contribution in [-0.2, 0) is 17.6 Å². The van der Waals surface area contributed by atoms with E-state index >= 15 is 0 Å². The van der Waals surface area contributed by atoms with Gasteiger partial charge in [-0.2, -0.15) is 0 Å². The Morgan fingerprint density at radius 3 is 2.96 bits per heavy atom. The minimum absolute atomic E-state index is 0.0632. The molecule has 0 bridgehead atoms. The number of fused-ring (bicyclic) bond motifs is 3. The third-order valence-electron chi connectivity index (χ3n) is 4.92. The zero-order valence-electron chi connectivity index (χ0n) is 14.6. The highest BCUT2D eigenvalue weighted by molar-refractivity contribution is 7.80. The summed E-state index contributed by atoms with van der Waals surface area (Å²) in [5.74, 6) is 0. The van der Waals surface area contributed by atoms with Crippen molar-refractivity contribution >= 4 is 38.9 Å². The summed E-state index contributed by atoms with van der Waals surface area (Å²) >= 11 is 6.99. The van der Waals surface area contributed by atoms with E-state index in [1.165, 1.54) is 27.9 Å². The zero-order valence-corrected chi connectivity index (χ0v) is 16.3. The molecule has 1 aliphatic heterocycles. The summed E-state index contributed by atoms with van der Waals surface area (Å²) in [5.41, 5.74) is 4.09. The summed E-state index contributed by atoms with van der Waals surface area (Å²) in [6, 6.07) is 0. The summed E-state index contributed by atoms with van der Waals surface area (Å²) in [4.78, 5) is 21.8. The largest absolute Gasteiger partial charge is 0.379 e. The molecule has 2 aromatic rings. The molecule has 2 aromatic heterocycles. The van der Waals surface area contributed by atoms with Crippen molar-refractivity contribution in [1.82, 2.24) is 19.9 Å². The summed E-state index contributed by atoms with van der Waals surface area (Å²) in [6.45, 7) is 5.10. The van der Waals surface area contributed by atoms with Crippen LogP contribution in [0.1, 0.15) is 23.3 Å². The van der Waals surface area contributed by atoms with Gasteiger partial charge in [0.15, 0.2) is 5.11 Å². The molecule has 1 saturated heterocycles. The number of nitrogens with zero attached hydrogens (tertiary/aromatic N) is 3. The minimum atomic E-state index is -0.0632. The van der Waals surface area contributed by atoms with Gasteiger partial charge in [0, 0.05) is 31.1 Å². The number of ether oxygens (including phenoxy) is 1. The van der Waals surface area contributed by atoms with Gasteiger partial charge in [0.05, 0.1) is 18.6 Å². The van der Waals surface area contributed by atoms with Crippen molar-refractivity contribution in [2.75, 3.05) is 44.8 Å². The molecule has 2 N–H and O–H groups in total. The highest BCUT2D eigenvalue weighted by Gasteiger charge is 2.20. The van der Waals surface area contributed by atoms with Crippen LogP contribution < -0.4 is 16.3 Å². The molecule has 7 nitrogen and oxygen atoms in total. The zero-order chi connectivity index (χ0) is 17.9. The average molecular weight is 394 g/mol. The second kappa shape index (κ2) is 7.99. The molecule has 0 saturated carbocycles. The van der Waals surface area contributed by atoms with Gasteiger partial charge in [0.1, 0.15) is 11.2 Å². The maximum absolute atomic E-state index is 12.9. The molecule has 2 aliphatic rings. The normalized spacial score (nSPS) is 17.8. The van der Waals surface area contributed by atoms with Crippen LogP contribution in [0.25, 0.3) is 10.2 Å². The topological polar surface area (TPSA) is 71.4 Å². The lowest BCUT2D eigenvalue weighted by atomic mass is 9.97. The van der Waals surface area contributed by atoms with Gasteiger partial charge in [-0.1, -0.05) is 0 Å². The van der Waals surface area contributed by atoms with E-state index in [9.17, 15) is 4.79 Å². The first-order valence-electron chi connectivity index (χ1n) is 9.09. The highest BCUT2D eigenvalue weighted by Crippen LogP contribution is 2.33. The Labute approximate surface area is 161 Å². The van der Waals surface area contributed by atoms with Crippen LogP contribution in [0.4, 0.5) is 0 Å². The Kier molecular flexibility index (Phi) is 5.49. The molecule has 0 unspecified atom stereocenters. The van der Waals surface area contributed by atoms with Crippen molar-refractivity contribution in [3.8, 4) is 0 Å². The Morgan fingerprint density at radius 1 is 1.31 bits per heavy atom. The van der Waals surface area contributed by atoms with Gasteiger partial charge in [0.25, 0.3) is 5.56 Å². The number of hydrogen-bond acceptors (Lipinski definition) is 6. The molecule has 0 atom stereocenters.